The summed E-state index contributed by atoms with van der Waals surface area (Å²) in [7, 11) is 1.33. The lowest BCUT2D eigenvalue weighted by molar-refractivity contribution is -0.142. The van der Waals surface area contributed by atoms with Crippen LogP contribution in [0.3, 0.4) is 0 Å². The minimum atomic E-state index is -0.311. The maximum atomic E-state index is 11.2. The molecule has 0 aromatic heterocycles. The van der Waals surface area contributed by atoms with E-state index in [1.165, 1.54) is 19.3 Å². The highest BCUT2D eigenvalue weighted by Gasteiger charge is 2.22. The molecule has 0 radical (unpaired) electrons. The molecule has 0 saturated heterocycles. The second-order valence-corrected chi connectivity index (χ2v) is 4.32. The minimum Gasteiger partial charge on any atom is -0.469 e. The number of esters is 1. The average molecular weight is 315 g/mol. The van der Waals surface area contributed by atoms with Crippen LogP contribution in [-0.4, -0.2) is 76.0 Å². The summed E-state index contributed by atoms with van der Waals surface area (Å²) in [6.07, 6.45) is 2.71. The fourth-order valence-electron chi connectivity index (χ4n) is 1.61. The second-order valence-electron chi connectivity index (χ2n) is 4.32. The molecule has 1 aliphatic heterocycles. The molecule has 0 N–H and O–H groups in total. The quantitative estimate of drug-likeness (QED) is 0.273. The largest absolute Gasteiger partial charge is 0.469 e. The van der Waals surface area contributed by atoms with Crippen molar-refractivity contribution in [2.75, 3.05) is 53.3 Å². The summed E-state index contributed by atoms with van der Waals surface area (Å²) >= 11 is 0. The van der Waals surface area contributed by atoms with E-state index in [0.29, 0.717) is 33.0 Å². The van der Waals surface area contributed by atoms with Crippen molar-refractivity contribution in [1.29, 1.82) is 0 Å². The normalized spacial score (nSPS) is 14.0. The van der Waals surface area contributed by atoms with Gasteiger partial charge in [0.2, 0.25) is 0 Å². The summed E-state index contributed by atoms with van der Waals surface area (Å²) in [5.41, 5.74) is 0. The molecule has 0 fully saturated rings. The van der Waals surface area contributed by atoms with Crippen LogP contribution in [0.5, 0.6) is 0 Å². The zero-order valence-corrected chi connectivity index (χ0v) is 12.6. The number of carbonyl (C=O) groups excluding carboxylic acids is 3. The first kappa shape index (κ1) is 18.3. The van der Waals surface area contributed by atoms with Gasteiger partial charge in [-0.3, -0.25) is 19.3 Å². The van der Waals surface area contributed by atoms with Crippen molar-refractivity contribution in [3.63, 3.8) is 0 Å². The average Bonchev–Trinajstić information content (AvgIpc) is 2.83. The number of ether oxygens (including phenoxy) is 4. The molecule has 0 aromatic carbocycles. The Labute approximate surface area is 128 Å². The molecule has 8 nitrogen and oxygen atoms in total. The summed E-state index contributed by atoms with van der Waals surface area (Å²) in [6.45, 7) is 2.36. The third-order valence-corrected chi connectivity index (χ3v) is 2.78. The van der Waals surface area contributed by atoms with Gasteiger partial charge in [-0.05, 0) is 0 Å². The van der Waals surface area contributed by atoms with Gasteiger partial charge in [0.1, 0.15) is 0 Å². The lowest BCUT2D eigenvalue weighted by Crippen LogP contribution is -2.33. The molecule has 0 saturated carbocycles. The topological polar surface area (TPSA) is 91.4 Å². The highest BCUT2D eigenvalue weighted by molar-refractivity contribution is 6.12. The van der Waals surface area contributed by atoms with Gasteiger partial charge in [-0.2, -0.15) is 0 Å². The van der Waals surface area contributed by atoms with Crippen LogP contribution < -0.4 is 0 Å². The Balaban J connectivity index is 1.83. The third kappa shape index (κ3) is 7.30. The summed E-state index contributed by atoms with van der Waals surface area (Å²) < 4.78 is 20.2. The van der Waals surface area contributed by atoms with Crippen LogP contribution >= 0.6 is 0 Å². The molecular formula is C14H21NO7. The summed E-state index contributed by atoms with van der Waals surface area (Å²) in [4.78, 5) is 34.4. The maximum Gasteiger partial charge on any atom is 0.307 e. The highest BCUT2D eigenvalue weighted by Crippen LogP contribution is 2.02. The Morgan fingerprint density at radius 2 is 1.41 bits per heavy atom. The molecule has 1 rings (SSSR count). The van der Waals surface area contributed by atoms with Crippen molar-refractivity contribution in [3.05, 3.63) is 12.2 Å². The van der Waals surface area contributed by atoms with Crippen LogP contribution in [0.2, 0.25) is 0 Å². The van der Waals surface area contributed by atoms with Crippen LogP contribution in [0.4, 0.5) is 0 Å². The number of rotatable bonds is 12. The highest BCUT2D eigenvalue weighted by atomic mass is 16.5. The van der Waals surface area contributed by atoms with Crippen molar-refractivity contribution in [1.82, 2.24) is 4.90 Å². The van der Waals surface area contributed by atoms with Crippen LogP contribution in [0.25, 0.3) is 0 Å². The number of amides is 2. The van der Waals surface area contributed by atoms with Gasteiger partial charge in [0.05, 0.1) is 59.7 Å². The molecule has 124 valence electrons. The van der Waals surface area contributed by atoms with Crippen molar-refractivity contribution in [3.8, 4) is 0 Å². The molecule has 1 aliphatic rings. The lowest BCUT2D eigenvalue weighted by atomic mass is 10.5. The molecular weight excluding hydrogens is 294 g/mol. The number of hydrogen-bond acceptors (Lipinski definition) is 7. The zero-order chi connectivity index (χ0) is 16.2. The van der Waals surface area contributed by atoms with Crippen molar-refractivity contribution < 1.29 is 33.3 Å². The van der Waals surface area contributed by atoms with Crippen molar-refractivity contribution in [2.24, 2.45) is 0 Å². The summed E-state index contributed by atoms with van der Waals surface area (Å²) in [5.74, 6) is -0.928. The first-order chi connectivity index (χ1) is 10.6. The predicted octanol–water partition coefficient (Wildman–Crippen LogP) is -0.476. The molecule has 0 bridgehead atoms. The Morgan fingerprint density at radius 3 is 1.95 bits per heavy atom. The number of hydrogen-bond donors (Lipinski definition) is 0. The predicted molar refractivity (Wildman–Crippen MR) is 75.0 cm³/mol. The monoisotopic (exact) mass is 315 g/mol. The molecule has 0 spiro atoms. The minimum absolute atomic E-state index is 0.225. The first-order valence-corrected chi connectivity index (χ1v) is 6.98. The number of nitrogens with zero attached hydrogens (tertiary/aromatic N) is 1. The molecule has 0 atom stereocenters. The Hall–Kier alpha value is -1.77. The van der Waals surface area contributed by atoms with Crippen LogP contribution in [0, 0.1) is 0 Å². The van der Waals surface area contributed by atoms with E-state index in [2.05, 4.69) is 4.74 Å². The molecule has 0 aliphatic carbocycles. The van der Waals surface area contributed by atoms with E-state index in [1.807, 2.05) is 0 Å². The van der Waals surface area contributed by atoms with E-state index in [9.17, 15) is 14.4 Å². The van der Waals surface area contributed by atoms with Crippen LogP contribution in [0.1, 0.15) is 6.42 Å². The lowest BCUT2D eigenvalue weighted by Gasteiger charge is -2.13. The fourth-order valence-corrected chi connectivity index (χ4v) is 1.61. The number of carbonyl (C=O) groups is 3. The van der Waals surface area contributed by atoms with E-state index < -0.39 is 0 Å². The number of methoxy groups -OCH3 is 1. The molecule has 22 heavy (non-hydrogen) atoms. The van der Waals surface area contributed by atoms with E-state index in [-0.39, 0.29) is 37.4 Å². The number of imide groups is 1. The molecule has 1 heterocycles. The summed E-state index contributed by atoms with van der Waals surface area (Å²) in [6, 6.07) is 0. The van der Waals surface area contributed by atoms with E-state index in [4.69, 9.17) is 14.2 Å². The SMILES string of the molecule is COC(=O)CCOCCOCCOCCN1C(=O)C=CC1=O. The van der Waals surface area contributed by atoms with Crippen molar-refractivity contribution >= 4 is 17.8 Å². The molecule has 0 unspecified atom stereocenters. The van der Waals surface area contributed by atoms with Gasteiger partial charge < -0.3 is 18.9 Å². The standard InChI is InChI=1S/C14H21NO7/c1-19-14(18)4-6-20-8-10-22-11-9-21-7-5-15-12(16)2-3-13(15)17/h2-3H,4-11H2,1H3. The first-order valence-electron chi connectivity index (χ1n) is 6.98. The Bertz CT molecular complexity index is 390. The van der Waals surface area contributed by atoms with E-state index in [1.54, 1.807) is 0 Å². The molecule has 0 aromatic rings. The van der Waals surface area contributed by atoms with Crippen LogP contribution in [-0.2, 0) is 33.3 Å². The van der Waals surface area contributed by atoms with Gasteiger partial charge in [0.15, 0.2) is 0 Å². The summed E-state index contributed by atoms with van der Waals surface area (Å²) in [5, 5.41) is 0. The van der Waals surface area contributed by atoms with Crippen molar-refractivity contribution in [2.45, 2.75) is 6.42 Å². The van der Waals surface area contributed by atoms with Gasteiger partial charge in [-0.25, -0.2) is 0 Å². The third-order valence-electron chi connectivity index (χ3n) is 2.78. The Morgan fingerprint density at radius 1 is 0.909 bits per heavy atom. The maximum absolute atomic E-state index is 11.2. The van der Waals surface area contributed by atoms with Gasteiger partial charge in [0, 0.05) is 12.2 Å². The molecule has 8 heteroatoms. The zero-order valence-electron chi connectivity index (χ0n) is 12.6. The van der Waals surface area contributed by atoms with Gasteiger partial charge in [-0.1, -0.05) is 0 Å². The van der Waals surface area contributed by atoms with Crippen LogP contribution in [0.15, 0.2) is 12.2 Å². The van der Waals surface area contributed by atoms with Gasteiger partial charge in [-0.15, -0.1) is 0 Å². The van der Waals surface area contributed by atoms with Gasteiger partial charge in [0.25, 0.3) is 11.8 Å². The Kier molecular flexibility index (Phi) is 9.04. The van der Waals surface area contributed by atoms with E-state index >= 15 is 0 Å². The van der Waals surface area contributed by atoms with Gasteiger partial charge >= 0.3 is 5.97 Å². The fraction of sp³-hybridized carbons (Fsp3) is 0.643. The molecule has 2 amide bonds. The second kappa shape index (κ2) is 10.9. The van der Waals surface area contributed by atoms with E-state index in [0.717, 1.165) is 4.90 Å². The smallest absolute Gasteiger partial charge is 0.307 e.